The van der Waals surface area contributed by atoms with Crippen molar-refractivity contribution in [1.82, 2.24) is 0 Å². The van der Waals surface area contributed by atoms with Gasteiger partial charge in [-0.15, -0.1) is 0 Å². The highest BCUT2D eigenvalue weighted by atomic mass is 19.4. The van der Waals surface area contributed by atoms with E-state index in [9.17, 15) is 13.2 Å². The van der Waals surface area contributed by atoms with Crippen LogP contribution >= 0.6 is 0 Å². The van der Waals surface area contributed by atoms with E-state index in [1.165, 1.54) is 12.1 Å². The second-order valence-corrected chi connectivity index (χ2v) is 5.59. The van der Waals surface area contributed by atoms with E-state index in [1.807, 2.05) is 0 Å². The van der Waals surface area contributed by atoms with Crippen molar-refractivity contribution in [3.05, 3.63) is 35.4 Å². The second-order valence-electron chi connectivity index (χ2n) is 5.59. The summed E-state index contributed by atoms with van der Waals surface area (Å²) in [6.07, 6.45) is -1.11. The Morgan fingerprint density at radius 2 is 1.59 bits per heavy atom. The van der Waals surface area contributed by atoms with Crippen LogP contribution in [0.3, 0.4) is 0 Å². The molecular formula is C13H14F3N. The van der Waals surface area contributed by atoms with E-state index in [4.69, 9.17) is 5.73 Å². The quantitative estimate of drug-likeness (QED) is 0.846. The number of nitrogens with two attached hydrogens (primary N) is 1. The lowest BCUT2D eigenvalue weighted by Gasteiger charge is -2.71. The molecule has 1 aromatic carbocycles. The van der Waals surface area contributed by atoms with E-state index >= 15 is 0 Å². The fourth-order valence-electron chi connectivity index (χ4n) is 3.53. The van der Waals surface area contributed by atoms with Crippen molar-refractivity contribution in [3.8, 4) is 0 Å². The third-order valence-corrected chi connectivity index (χ3v) is 4.40. The lowest BCUT2D eigenvalue weighted by molar-refractivity contribution is -0.138. The fourth-order valence-corrected chi connectivity index (χ4v) is 3.53. The molecule has 0 spiro atoms. The van der Waals surface area contributed by atoms with Crippen LogP contribution in [0.2, 0.25) is 0 Å². The summed E-state index contributed by atoms with van der Waals surface area (Å²) < 4.78 is 37.3. The Kier molecular flexibility index (Phi) is 1.99. The van der Waals surface area contributed by atoms with Gasteiger partial charge in [-0.05, 0) is 54.3 Å². The van der Waals surface area contributed by atoms with Gasteiger partial charge in [0.1, 0.15) is 0 Å². The number of hydrogen-bond donors (Lipinski definition) is 1. The van der Waals surface area contributed by atoms with Gasteiger partial charge in [-0.2, -0.15) is 13.2 Å². The van der Waals surface area contributed by atoms with Gasteiger partial charge in [-0.1, -0.05) is 12.1 Å². The van der Waals surface area contributed by atoms with Crippen molar-refractivity contribution < 1.29 is 13.2 Å². The molecule has 0 radical (unpaired) electrons. The first-order chi connectivity index (χ1) is 7.89. The molecule has 4 rings (SSSR count). The van der Waals surface area contributed by atoms with Crippen molar-refractivity contribution in [2.45, 2.75) is 30.9 Å². The lowest BCUT2D eigenvalue weighted by Crippen LogP contribution is -2.67. The summed E-state index contributed by atoms with van der Waals surface area (Å²) in [6.45, 7) is 0.704. The summed E-state index contributed by atoms with van der Waals surface area (Å²) in [4.78, 5) is 0. The molecule has 3 aliphatic carbocycles. The van der Waals surface area contributed by atoms with Gasteiger partial charge in [-0.3, -0.25) is 0 Å². The normalized spacial score (nSPS) is 35.1. The first-order valence-electron chi connectivity index (χ1n) is 5.77. The first-order valence-corrected chi connectivity index (χ1v) is 5.77. The molecule has 3 aliphatic rings. The number of alkyl halides is 3. The summed E-state index contributed by atoms with van der Waals surface area (Å²) in [5.74, 6) is 0. The molecule has 4 heteroatoms. The highest BCUT2D eigenvalue weighted by Crippen LogP contribution is 2.73. The molecule has 2 bridgehead atoms. The average Bonchev–Trinajstić information content (AvgIpc) is 2.14. The standard InChI is InChI=1S/C13H14F3N/c14-13(15,16)10-3-1-9(2-4-10)12-5-11(6-12,7-12)8-17/h1-4H,5-8,17H2. The molecule has 0 amide bonds. The number of halogens is 3. The molecule has 1 aromatic rings. The molecule has 2 N–H and O–H groups in total. The van der Waals surface area contributed by atoms with E-state index < -0.39 is 11.7 Å². The molecule has 3 saturated carbocycles. The molecule has 3 fully saturated rings. The maximum Gasteiger partial charge on any atom is 0.416 e. The van der Waals surface area contributed by atoms with E-state index in [0.717, 1.165) is 24.8 Å². The molecule has 0 aromatic heterocycles. The predicted octanol–water partition coefficient (Wildman–Crippen LogP) is 3.09. The molecule has 1 nitrogen and oxygen atoms in total. The maximum absolute atomic E-state index is 12.4. The van der Waals surface area contributed by atoms with Crippen LogP contribution in [-0.4, -0.2) is 6.54 Å². The average molecular weight is 241 g/mol. The zero-order valence-electron chi connectivity index (χ0n) is 9.35. The Hall–Kier alpha value is -1.03. The molecule has 0 saturated heterocycles. The molecule has 0 unspecified atom stereocenters. The van der Waals surface area contributed by atoms with Gasteiger partial charge in [-0.25, -0.2) is 0 Å². The van der Waals surface area contributed by atoms with Crippen LogP contribution in [0.4, 0.5) is 13.2 Å². The van der Waals surface area contributed by atoms with Crippen molar-refractivity contribution >= 4 is 0 Å². The SMILES string of the molecule is NCC12CC(c3ccc(C(F)(F)F)cc3)(C1)C2. The summed E-state index contributed by atoms with van der Waals surface area (Å²) in [5, 5.41) is 0. The molecule has 0 atom stereocenters. The van der Waals surface area contributed by atoms with Gasteiger partial charge in [0, 0.05) is 0 Å². The Morgan fingerprint density at radius 3 is 2.00 bits per heavy atom. The van der Waals surface area contributed by atoms with Crippen molar-refractivity contribution in [2.75, 3.05) is 6.54 Å². The van der Waals surface area contributed by atoms with E-state index in [2.05, 4.69) is 0 Å². The Balaban J connectivity index is 1.79. The van der Waals surface area contributed by atoms with Gasteiger partial charge >= 0.3 is 6.18 Å². The zero-order valence-corrected chi connectivity index (χ0v) is 9.35. The number of hydrogen-bond acceptors (Lipinski definition) is 1. The van der Waals surface area contributed by atoms with Crippen LogP contribution in [0.1, 0.15) is 30.4 Å². The summed E-state index contributed by atoms with van der Waals surface area (Å²) in [7, 11) is 0. The van der Waals surface area contributed by atoms with Gasteiger partial charge in [0.2, 0.25) is 0 Å². The zero-order chi connectivity index (χ0) is 12.3. The molecule has 0 aliphatic heterocycles. The first kappa shape index (κ1) is 11.1. The van der Waals surface area contributed by atoms with Gasteiger partial charge in [0.05, 0.1) is 5.56 Å². The topological polar surface area (TPSA) is 26.0 Å². The Morgan fingerprint density at radius 1 is 1.06 bits per heavy atom. The van der Waals surface area contributed by atoms with Crippen molar-refractivity contribution in [3.63, 3.8) is 0 Å². The lowest BCUT2D eigenvalue weighted by atomic mass is 9.33. The second kappa shape index (κ2) is 3.05. The third kappa shape index (κ3) is 1.43. The minimum atomic E-state index is -4.24. The van der Waals surface area contributed by atoms with Crippen molar-refractivity contribution in [2.24, 2.45) is 11.1 Å². The molecule has 0 heterocycles. The van der Waals surface area contributed by atoms with Gasteiger partial charge in [0.25, 0.3) is 0 Å². The Labute approximate surface area is 97.8 Å². The van der Waals surface area contributed by atoms with Gasteiger partial charge < -0.3 is 5.73 Å². The van der Waals surface area contributed by atoms with Crippen LogP contribution < -0.4 is 5.73 Å². The molecule has 92 valence electrons. The monoisotopic (exact) mass is 241 g/mol. The predicted molar refractivity (Wildman–Crippen MR) is 58.5 cm³/mol. The van der Waals surface area contributed by atoms with E-state index in [0.29, 0.717) is 12.0 Å². The minimum Gasteiger partial charge on any atom is -0.330 e. The molecular weight excluding hydrogens is 227 g/mol. The number of rotatable bonds is 2. The summed E-state index contributed by atoms with van der Waals surface area (Å²) in [5.41, 5.74) is 6.60. The van der Waals surface area contributed by atoms with E-state index in [1.54, 1.807) is 12.1 Å². The Bertz CT molecular complexity index is 427. The van der Waals surface area contributed by atoms with Crippen LogP contribution in [-0.2, 0) is 11.6 Å². The third-order valence-electron chi connectivity index (χ3n) is 4.40. The minimum absolute atomic E-state index is 0.142. The maximum atomic E-state index is 12.4. The van der Waals surface area contributed by atoms with Crippen LogP contribution in [0.5, 0.6) is 0 Å². The highest BCUT2D eigenvalue weighted by molar-refractivity contribution is 5.40. The summed E-state index contributed by atoms with van der Waals surface area (Å²) >= 11 is 0. The van der Waals surface area contributed by atoms with Crippen LogP contribution in [0.25, 0.3) is 0 Å². The summed E-state index contributed by atoms with van der Waals surface area (Å²) in [6, 6.07) is 5.63. The van der Waals surface area contributed by atoms with Gasteiger partial charge in [0.15, 0.2) is 0 Å². The largest absolute Gasteiger partial charge is 0.416 e. The highest BCUT2D eigenvalue weighted by Gasteiger charge is 2.67. The molecule has 17 heavy (non-hydrogen) atoms. The van der Waals surface area contributed by atoms with E-state index in [-0.39, 0.29) is 5.41 Å². The van der Waals surface area contributed by atoms with Crippen molar-refractivity contribution in [1.29, 1.82) is 0 Å². The number of benzene rings is 1. The fraction of sp³-hybridized carbons (Fsp3) is 0.538. The van der Waals surface area contributed by atoms with Crippen LogP contribution in [0.15, 0.2) is 24.3 Å². The smallest absolute Gasteiger partial charge is 0.330 e. The van der Waals surface area contributed by atoms with Crippen LogP contribution in [0, 0.1) is 5.41 Å².